The van der Waals surface area contributed by atoms with Crippen molar-refractivity contribution in [3.63, 3.8) is 0 Å². The van der Waals surface area contributed by atoms with E-state index in [1.807, 2.05) is 12.1 Å². The Labute approximate surface area is 89.9 Å². The van der Waals surface area contributed by atoms with Crippen molar-refractivity contribution in [2.75, 3.05) is 0 Å². The van der Waals surface area contributed by atoms with Gasteiger partial charge in [-0.25, -0.2) is 9.97 Å². The quantitative estimate of drug-likeness (QED) is 0.752. The second kappa shape index (κ2) is 3.41. The highest BCUT2D eigenvalue weighted by Gasteiger charge is 1.99. The molecular formula is C10H7IN2. The van der Waals surface area contributed by atoms with Crippen LogP contribution in [0.2, 0.25) is 0 Å². The van der Waals surface area contributed by atoms with E-state index >= 15 is 0 Å². The Morgan fingerprint density at radius 3 is 2.92 bits per heavy atom. The minimum Gasteiger partial charge on any atom is -0.236 e. The maximum Gasteiger partial charge on any atom is 0.116 e. The standard InChI is InChI=1S/C10H7IN2/c1-2-9-8-5-7(11)3-4-10(8)13-6-12-9/h2-6H,1H2. The highest BCUT2D eigenvalue weighted by atomic mass is 127. The van der Waals surface area contributed by atoms with Crippen LogP contribution in [0.25, 0.3) is 17.0 Å². The van der Waals surface area contributed by atoms with Crippen LogP contribution >= 0.6 is 22.6 Å². The van der Waals surface area contributed by atoms with E-state index in [9.17, 15) is 0 Å². The summed E-state index contributed by atoms with van der Waals surface area (Å²) in [5, 5.41) is 1.06. The number of halogens is 1. The number of rotatable bonds is 1. The van der Waals surface area contributed by atoms with E-state index in [0.29, 0.717) is 0 Å². The number of aromatic nitrogens is 2. The summed E-state index contributed by atoms with van der Waals surface area (Å²) in [6.07, 6.45) is 3.31. The molecule has 0 N–H and O–H groups in total. The molecule has 0 fully saturated rings. The lowest BCUT2D eigenvalue weighted by Gasteiger charge is -2.00. The van der Waals surface area contributed by atoms with Crippen LogP contribution in [-0.4, -0.2) is 9.97 Å². The molecule has 0 radical (unpaired) electrons. The lowest BCUT2D eigenvalue weighted by molar-refractivity contribution is 1.20. The van der Waals surface area contributed by atoms with E-state index < -0.39 is 0 Å². The maximum absolute atomic E-state index is 4.17. The minimum absolute atomic E-state index is 0.892. The highest BCUT2D eigenvalue weighted by molar-refractivity contribution is 14.1. The zero-order valence-corrected chi connectivity index (χ0v) is 9.02. The van der Waals surface area contributed by atoms with Gasteiger partial charge in [0, 0.05) is 8.96 Å². The van der Waals surface area contributed by atoms with E-state index in [4.69, 9.17) is 0 Å². The first-order valence-electron chi connectivity index (χ1n) is 3.84. The van der Waals surface area contributed by atoms with Crippen LogP contribution < -0.4 is 0 Å². The van der Waals surface area contributed by atoms with Gasteiger partial charge in [0.15, 0.2) is 0 Å². The second-order valence-corrected chi connectivity index (χ2v) is 3.87. The topological polar surface area (TPSA) is 25.8 Å². The molecule has 0 bridgehead atoms. The van der Waals surface area contributed by atoms with Gasteiger partial charge in [0.2, 0.25) is 0 Å². The van der Waals surface area contributed by atoms with Crippen LogP contribution in [0, 0.1) is 3.57 Å². The van der Waals surface area contributed by atoms with Gasteiger partial charge in [0.25, 0.3) is 0 Å². The van der Waals surface area contributed by atoms with Crippen molar-refractivity contribution < 1.29 is 0 Å². The molecule has 0 atom stereocenters. The molecule has 0 aliphatic carbocycles. The van der Waals surface area contributed by atoms with Crippen molar-refractivity contribution in [3.8, 4) is 0 Å². The monoisotopic (exact) mass is 282 g/mol. The van der Waals surface area contributed by atoms with Crippen molar-refractivity contribution in [1.29, 1.82) is 0 Å². The van der Waals surface area contributed by atoms with Gasteiger partial charge in [0.05, 0.1) is 11.2 Å². The molecule has 0 saturated heterocycles. The predicted molar refractivity (Wildman–Crippen MR) is 62.3 cm³/mol. The lowest BCUT2D eigenvalue weighted by atomic mass is 10.2. The third-order valence-corrected chi connectivity index (χ3v) is 2.49. The Morgan fingerprint density at radius 1 is 1.31 bits per heavy atom. The summed E-state index contributed by atoms with van der Waals surface area (Å²) in [6, 6.07) is 6.08. The van der Waals surface area contributed by atoms with Gasteiger partial charge in [-0.15, -0.1) is 0 Å². The molecule has 0 amide bonds. The molecule has 1 aromatic carbocycles. The Balaban J connectivity index is 2.86. The summed E-state index contributed by atoms with van der Waals surface area (Å²) in [7, 11) is 0. The van der Waals surface area contributed by atoms with Crippen LogP contribution in [0.15, 0.2) is 31.1 Å². The molecular weight excluding hydrogens is 275 g/mol. The van der Waals surface area contributed by atoms with Gasteiger partial charge in [0.1, 0.15) is 6.33 Å². The van der Waals surface area contributed by atoms with Gasteiger partial charge in [-0.1, -0.05) is 6.58 Å². The molecule has 0 unspecified atom stereocenters. The highest BCUT2D eigenvalue weighted by Crippen LogP contribution is 2.18. The van der Waals surface area contributed by atoms with E-state index in [0.717, 1.165) is 16.6 Å². The summed E-state index contributed by atoms with van der Waals surface area (Å²) in [4.78, 5) is 8.30. The number of hydrogen-bond donors (Lipinski definition) is 0. The fraction of sp³-hybridized carbons (Fsp3) is 0. The summed E-state index contributed by atoms with van der Waals surface area (Å²) >= 11 is 2.27. The lowest BCUT2D eigenvalue weighted by Crippen LogP contribution is -1.87. The average molecular weight is 282 g/mol. The Kier molecular flexibility index (Phi) is 2.26. The Hall–Kier alpha value is -0.970. The number of fused-ring (bicyclic) bond motifs is 1. The largest absolute Gasteiger partial charge is 0.236 e. The zero-order valence-electron chi connectivity index (χ0n) is 6.87. The van der Waals surface area contributed by atoms with E-state index in [1.165, 1.54) is 3.57 Å². The fourth-order valence-corrected chi connectivity index (χ4v) is 1.70. The van der Waals surface area contributed by atoms with Gasteiger partial charge >= 0.3 is 0 Å². The molecule has 1 aromatic heterocycles. The summed E-state index contributed by atoms with van der Waals surface area (Å²) < 4.78 is 1.18. The van der Waals surface area contributed by atoms with Crippen LogP contribution in [0.5, 0.6) is 0 Å². The second-order valence-electron chi connectivity index (χ2n) is 2.62. The van der Waals surface area contributed by atoms with Gasteiger partial charge in [-0.2, -0.15) is 0 Å². The predicted octanol–water partition coefficient (Wildman–Crippen LogP) is 2.88. The first-order chi connectivity index (χ1) is 6.31. The summed E-state index contributed by atoms with van der Waals surface area (Å²) in [5.41, 5.74) is 1.86. The van der Waals surface area contributed by atoms with Crippen LogP contribution in [-0.2, 0) is 0 Å². The Bertz CT molecular complexity index is 465. The van der Waals surface area contributed by atoms with Crippen molar-refractivity contribution in [2.45, 2.75) is 0 Å². The smallest absolute Gasteiger partial charge is 0.116 e. The summed E-state index contributed by atoms with van der Waals surface area (Å²) in [5.74, 6) is 0. The van der Waals surface area contributed by atoms with Crippen LogP contribution in [0.1, 0.15) is 5.69 Å². The number of nitrogens with zero attached hydrogens (tertiary/aromatic N) is 2. The van der Waals surface area contributed by atoms with Crippen molar-refractivity contribution >= 4 is 39.6 Å². The normalized spacial score (nSPS) is 10.2. The number of benzene rings is 1. The van der Waals surface area contributed by atoms with Crippen molar-refractivity contribution in [3.05, 3.63) is 40.4 Å². The van der Waals surface area contributed by atoms with Gasteiger partial charge in [-0.3, -0.25) is 0 Å². The molecule has 2 nitrogen and oxygen atoms in total. The molecule has 0 spiro atoms. The van der Waals surface area contributed by atoms with E-state index in [1.54, 1.807) is 12.4 Å². The molecule has 1 heterocycles. The van der Waals surface area contributed by atoms with Crippen LogP contribution in [0.4, 0.5) is 0 Å². The van der Waals surface area contributed by atoms with E-state index in [-0.39, 0.29) is 0 Å². The fourth-order valence-electron chi connectivity index (χ4n) is 1.21. The molecule has 0 aliphatic rings. The molecule has 0 aliphatic heterocycles. The zero-order chi connectivity index (χ0) is 9.26. The molecule has 3 heteroatoms. The average Bonchev–Trinajstić information content (AvgIpc) is 2.17. The maximum atomic E-state index is 4.17. The molecule has 2 rings (SSSR count). The molecule has 0 saturated carbocycles. The number of hydrogen-bond acceptors (Lipinski definition) is 2. The first-order valence-corrected chi connectivity index (χ1v) is 4.92. The minimum atomic E-state index is 0.892. The van der Waals surface area contributed by atoms with Crippen molar-refractivity contribution in [1.82, 2.24) is 9.97 Å². The summed E-state index contributed by atoms with van der Waals surface area (Å²) in [6.45, 7) is 3.72. The third-order valence-electron chi connectivity index (χ3n) is 1.82. The Morgan fingerprint density at radius 2 is 2.15 bits per heavy atom. The van der Waals surface area contributed by atoms with E-state index in [2.05, 4.69) is 45.2 Å². The SMILES string of the molecule is C=Cc1ncnc2ccc(I)cc12. The van der Waals surface area contributed by atoms with Gasteiger partial charge in [-0.05, 0) is 46.9 Å². The molecule has 2 aromatic rings. The van der Waals surface area contributed by atoms with Crippen molar-refractivity contribution in [2.24, 2.45) is 0 Å². The first kappa shape index (κ1) is 8.62. The van der Waals surface area contributed by atoms with Crippen LogP contribution in [0.3, 0.4) is 0 Å². The van der Waals surface area contributed by atoms with Gasteiger partial charge < -0.3 is 0 Å². The molecule has 13 heavy (non-hydrogen) atoms. The molecule has 64 valence electrons. The third kappa shape index (κ3) is 1.56.